The molecule has 0 aliphatic rings. The molecule has 134 valence electrons. The number of aromatic nitrogens is 2. The molecule has 1 aromatic carbocycles. The third kappa shape index (κ3) is 3.59. The van der Waals surface area contributed by atoms with E-state index >= 15 is 0 Å². The molecule has 0 amide bonds. The third-order valence-electron chi connectivity index (χ3n) is 4.19. The number of nitrogens with two attached hydrogens (primary N) is 1. The van der Waals surface area contributed by atoms with E-state index in [1.807, 2.05) is 6.92 Å². The van der Waals surface area contributed by atoms with Crippen molar-refractivity contribution in [2.75, 3.05) is 12.0 Å². The minimum absolute atomic E-state index is 0.332. The molecule has 3 nitrogen and oxygen atoms in total. The van der Waals surface area contributed by atoms with Gasteiger partial charge < -0.3 is 5.73 Å². The topological polar surface area (TPSA) is 51.8 Å². The Hall–Kier alpha value is -1.99. The van der Waals surface area contributed by atoms with Crippen molar-refractivity contribution in [3.05, 3.63) is 69.5 Å². The van der Waals surface area contributed by atoms with Crippen molar-refractivity contribution < 1.29 is 8.78 Å². The number of rotatable bonds is 4. The van der Waals surface area contributed by atoms with Crippen molar-refractivity contribution in [2.45, 2.75) is 18.4 Å². The van der Waals surface area contributed by atoms with Crippen LogP contribution in [0.15, 0.2) is 46.2 Å². The fourth-order valence-electron chi connectivity index (χ4n) is 2.68. The van der Waals surface area contributed by atoms with Gasteiger partial charge in [-0.3, -0.25) is 4.98 Å². The summed E-state index contributed by atoms with van der Waals surface area (Å²) in [6.07, 6.45) is 5.33. The monoisotopic (exact) mass is 435 g/mol. The van der Waals surface area contributed by atoms with Gasteiger partial charge in [0.25, 0.3) is 0 Å². The molecule has 7 heteroatoms. The van der Waals surface area contributed by atoms with Crippen LogP contribution >= 0.6 is 27.7 Å². The summed E-state index contributed by atoms with van der Waals surface area (Å²) < 4.78 is 29.3. The van der Waals surface area contributed by atoms with Crippen LogP contribution in [0.2, 0.25) is 0 Å². The number of thioether (sulfide) groups is 1. The van der Waals surface area contributed by atoms with Gasteiger partial charge in [0.05, 0.1) is 11.4 Å². The number of anilines is 1. The molecule has 0 spiro atoms. The lowest BCUT2D eigenvalue weighted by molar-refractivity contribution is 0.574. The van der Waals surface area contributed by atoms with Gasteiger partial charge in [-0.15, -0.1) is 11.8 Å². The van der Waals surface area contributed by atoms with E-state index in [1.54, 1.807) is 36.8 Å². The maximum atomic E-state index is 14.4. The molecule has 0 aliphatic carbocycles. The van der Waals surface area contributed by atoms with Crippen molar-refractivity contribution in [2.24, 2.45) is 0 Å². The molecule has 2 N–H and O–H groups in total. The van der Waals surface area contributed by atoms with Crippen LogP contribution in [0.4, 0.5) is 14.5 Å². The summed E-state index contributed by atoms with van der Waals surface area (Å²) >= 11 is 4.49. The molecule has 0 radical (unpaired) electrons. The predicted molar refractivity (Wildman–Crippen MR) is 105 cm³/mol. The Morgan fingerprint density at radius 1 is 1.15 bits per heavy atom. The first kappa shape index (κ1) is 18.8. The largest absolute Gasteiger partial charge is 0.397 e. The molecule has 0 unspecified atom stereocenters. The summed E-state index contributed by atoms with van der Waals surface area (Å²) in [6, 6.07) is 6.38. The van der Waals surface area contributed by atoms with Crippen LogP contribution in [0.3, 0.4) is 0 Å². The van der Waals surface area contributed by atoms with E-state index < -0.39 is 5.82 Å². The predicted octanol–water partition coefficient (Wildman–Crippen LogP) is 5.39. The molecular formula is C19H16BrF2N3S. The van der Waals surface area contributed by atoms with Crippen LogP contribution in [-0.2, 0) is 6.42 Å². The number of nitrogens with zero attached hydrogens (tertiary/aromatic N) is 2. The van der Waals surface area contributed by atoms with Gasteiger partial charge in [0.2, 0.25) is 0 Å². The van der Waals surface area contributed by atoms with E-state index in [-0.39, 0.29) is 5.82 Å². The number of pyridine rings is 2. The molecule has 3 rings (SSSR count). The van der Waals surface area contributed by atoms with E-state index in [0.29, 0.717) is 38.4 Å². The minimum atomic E-state index is -0.407. The fraction of sp³-hybridized carbons (Fsp3) is 0.158. The first-order chi connectivity index (χ1) is 12.4. The lowest BCUT2D eigenvalue weighted by atomic mass is 9.99. The van der Waals surface area contributed by atoms with Crippen LogP contribution in [0, 0.1) is 18.6 Å². The average Bonchev–Trinajstić information content (AvgIpc) is 2.61. The first-order valence-corrected chi connectivity index (χ1v) is 9.81. The molecule has 3 aromatic rings. The second-order valence-corrected chi connectivity index (χ2v) is 7.48. The third-order valence-corrected chi connectivity index (χ3v) is 5.35. The molecule has 0 saturated carbocycles. The smallest absolute Gasteiger partial charge is 0.158 e. The number of halogens is 3. The molecule has 2 heterocycles. The van der Waals surface area contributed by atoms with Crippen LogP contribution in [-0.4, -0.2) is 16.2 Å². The molecule has 0 saturated heterocycles. The highest BCUT2D eigenvalue weighted by molar-refractivity contribution is 9.10. The van der Waals surface area contributed by atoms with Crippen molar-refractivity contribution in [1.82, 2.24) is 9.97 Å². The van der Waals surface area contributed by atoms with Gasteiger partial charge in [-0.05, 0) is 54.1 Å². The Kier molecular flexibility index (Phi) is 5.58. The molecule has 0 aliphatic heterocycles. The maximum absolute atomic E-state index is 14.4. The Balaban J connectivity index is 2.01. The van der Waals surface area contributed by atoms with Gasteiger partial charge in [-0.25, -0.2) is 13.8 Å². The minimum Gasteiger partial charge on any atom is -0.397 e. The molecular weight excluding hydrogens is 420 g/mol. The highest BCUT2D eigenvalue weighted by Crippen LogP contribution is 2.32. The fourth-order valence-corrected chi connectivity index (χ4v) is 3.49. The van der Waals surface area contributed by atoms with Crippen LogP contribution in [0.5, 0.6) is 0 Å². The highest BCUT2D eigenvalue weighted by atomic mass is 79.9. The summed E-state index contributed by atoms with van der Waals surface area (Å²) in [5.74, 6) is -0.739. The van der Waals surface area contributed by atoms with Gasteiger partial charge in [0.1, 0.15) is 10.8 Å². The first-order valence-electron chi connectivity index (χ1n) is 7.79. The second-order valence-electron chi connectivity index (χ2n) is 5.76. The van der Waals surface area contributed by atoms with E-state index in [2.05, 4.69) is 25.9 Å². The number of hydrogen-bond acceptors (Lipinski definition) is 4. The summed E-state index contributed by atoms with van der Waals surface area (Å²) in [6.45, 7) is 1.83. The Morgan fingerprint density at radius 3 is 2.62 bits per heavy atom. The number of benzene rings is 1. The molecule has 0 fully saturated rings. The Morgan fingerprint density at radius 2 is 1.92 bits per heavy atom. The normalized spacial score (nSPS) is 11.0. The lowest BCUT2D eigenvalue weighted by Gasteiger charge is -2.14. The van der Waals surface area contributed by atoms with Crippen LogP contribution in [0.25, 0.3) is 11.3 Å². The summed E-state index contributed by atoms with van der Waals surface area (Å²) in [5.41, 5.74) is 9.41. The van der Waals surface area contributed by atoms with Crippen molar-refractivity contribution >= 4 is 33.4 Å². The SMILES string of the molecule is CSc1nccc(Cc2cnc(-c3ccc(Br)cc3F)c(N)c2C)c1F. The van der Waals surface area contributed by atoms with Gasteiger partial charge in [0.15, 0.2) is 5.82 Å². The van der Waals surface area contributed by atoms with Gasteiger partial charge >= 0.3 is 0 Å². The average molecular weight is 436 g/mol. The summed E-state index contributed by atoms with van der Waals surface area (Å²) in [4.78, 5) is 8.36. The second kappa shape index (κ2) is 7.72. The van der Waals surface area contributed by atoms with E-state index in [9.17, 15) is 8.78 Å². The van der Waals surface area contributed by atoms with Gasteiger partial charge in [-0.2, -0.15) is 0 Å². The molecule has 0 bridgehead atoms. The standard InChI is InChI=1S/C19H16BrF2N3S/c1-10-12(7-11-5-6-24-19(26-2)16(11)22)9-25-18(17(10)23)14-4-3-13(20)8-15(14)21/h3-6,8-9H,7,23H2,1-2H3. The number of nitrogen functional groups attached to an aromatic ring is 1. The highest BCUT2D eigenvalue weighted by Gasteiger charge is 2.16. The Bertz CT molecular complexity index is 979. The zero-order valence-corrected chi connectivity index (χ0v) is 16.6. The zero-order chi connectivity index (χ0) is 18.8. The summed E-state index contributed by atoms with van der Waals surface area (Å²) in [5, 5.41) is 0.356. The molecule has 0 atom stereocenters. The van der Waals surface area contributed by atoms with Crippen molar-refractivity contribution in [3.8, 4) is 11.3 Å². The van der Waals surface area contributed by atoms with Crippen molar-refractivity contribution in [1.29, 1.82) is 0 Å². The van der Waals surface area contributed by atoms with Crippen LogP contribution in [0.1, 0.15) is 16.7 Å². The van der Waals surface area contributed by atoms with E-state index in [4.69, 9.17) is 5.73 Å². The van der Waals surface area contributed by atoms with E-state index in [1.165, 1.54) is 17.8 Å². The zero-order valence-electron chi connectivity index (χ0n) is 14.2. The quantitative estimate of drug-likeness (QED) is 0.558. The Labute approximate surface area is 163 Å². The number of hydrogen-bond donors (Lipinski definition) is 1. The molecule has 2 aromatic heterocycles. The maximum Gasteiger partial charge on any atom is 0.158 e. The van der Waals surface area contributed by atoms with E-state index in [0.717, 1.165) is 11.1 Å². The van der Waals surface area contributed by atoms with Crippen molar-refractivity contribution in [3.63, 3.8) is 0 Å². The van der Waals surface area contributed by atoms with Crippen LogP contribution < -0.4 is 5.73 Å². The van der Waals surface area contributed by atoms with Gasteiger partial charge in [-0.1, -0.05) is 15.9 Å². The molecule has 26 heavy (non-hydrogen) atoms. The summed E-state index contributed by atoms with van der Waals surface area (Å²) in [7, 11) is 0. The van der Waals surface area contributed by atoms with Gasteiger partial charge in [0, 0.05) is 28.9 Å². The lowest BCUT2D eigenvalue weighted by Crippen LogP contribution is -2.04.